The third-order valence-electron chi connectivity index (χ3n) is 3.97. The predicted molar refractivity (Wildman–Crippen MR) is 67.0 cm³/mol. The Morgan fingerprint density at radius 2 is 2.11 bits per heavy atom. The molecule has 1 aromatic carbocycles. The minimum Gasteiger partial charge on any atom is -0.457 e. The number of hydrogen-bond donors (Lipinski definition) is 0. The molecule has 2 saturated heterocycles. The van der Waals surface area contributed by atoms with E-state index in [9.17, 15) is 4.79 Å². The van der Waals surface area contributed by atoms with E-state index in [1.807, 2.05) is 37.3 Å². The maximum atomic E-state index is 12.1. The van der Waals surface area contributed by atoms with E-state index in [4.69, 9.17) is 9.47 Å². The van der Waals surface area contributed by atoms with Crippen molar-refractivity contribution >= 4 is 5.97 Å². The summed E-state index contributed by atoms with van der Waals surface area (Å²) in [7, 11) is 0. The lowest BCUT2D eigenvalue weighted by molar-refractivity contribution is -0.155. The van der Waals surface area contributed by atoms with Gasteiger partial charge < -0.3 is 9.47 Å². The molecule has 18 heavy (non-hydrogen) atoms. The van der Waals surface area contributed by atoms with Gasteiger partial charge >= 0.3 is 5.97 Å². The highest BCUT2D eigenvalue weighted by Crippen LogP contribution is 2.39. The third-order valence-corrected chi connectivity index (χ3v) is 3.97. The first-order valence-corrected chi connectivity index (χ1v) is 6.65. The molecule has 0 aliphatic carbocycles. The van der Waals surface area contributed by atoms with Crippen molar-refractivity contribution in [1.29, 1.82) is 0 Å². The minimum absolute atomic E-state index is 0.0464. The number of benzene rings is 1. The summed E-state index contributed by atoms with van der Waals surface area (Å²) < 4.78 is 11.2. The van der Waals surface area contributed by atoms with Gasteiger partial charge in [-0.1, -0.05) is 30.3 Å². The molecule has 1 unspecified atom stereocenters. The van der Waals surface area contributed by atoms with E-state index in [1.165, 1.54) is 0 Å². The van der Waals surface area contributed by atoms with Gasteiger partial charge in [0.25, 0.3) is 0 Å². The fourth-order valence-corrected chi connectivity index (χ4v) is 2.94. The van der Waals surface area contributed by atoms with E-state index in [0.717, 1.165) is 24.8 Å². The van der Waals surface area contributed by atoms with E-state index in [-0.39, 0.29) is 24.1 Å². The van der Waals surface area contributed by atoms with Gasteiger partial charge in [-0.3, -0.25) is 4.79 Å². The van der Waals surface area contributed by atoms with Crippen LogP contribution in [0.4, 0.5) is 0 Å². The van der Waals surface area contributed by atoms with Crippen LogP contribution in [-0.2, 0) is 14.3 Å². The van der Waals surface area contributed by atoms with E-state index in [1.54, 1.807) is 0 Å². The molecule has 3 rings (SSSR count). The maximum Gasteiger partial charge on any atom is 0.312 e. The number of fused-ring (bicyclic) bond motifs is 2. The highest BCUT2D eigenvalue weighted by atomic mass is 16.6. The van der Waals surface area contributed by atoms with Crippen LogP contribution in [0.5, 0.6) is 0 Å². The standard InChI is InChI=1S/C15H18O3/c1-10(11-5-3-2-4-6-11)17-15(16)13-9-12-7-8-14(13)18-12/h2-6,10,12-14H,7-9H2,1H3/t10-,12+,13?,14-/m1/s1. The average Bonchev–Trinajstić information content (AvgIpc) is 3.02. The topological polar surface area (TPSA) is 35.5 Å². The summed E-state index contributed by atoms with van der Waals surface area (Å²) >= 11 is 0. The van der Waals surface area contributed by atoms with Gasteiger partial charge in [0.2, 0.25) is 0 Å². The summed E-state index contributed by atoms with van der Waals surface area (Å²) in [5.41, 5.74) is 1.04. The van der Waals surface area contributed by atoms with Gasteiger partial charge in [-0.2, -0.15) is 0 Å². The lowest BCUT2D eigenvalue weighted by Gasteiger charge is -2.20. The first-order chi connectivity index (χ1) is 8.74. The van der Waals surface area contributed by atoms with E-state index in [2.05, 4.69) is 0 Å². The Bertz CT molecular complexity index is 429. The maximum absolute atomic E-state index is 12.1. The molecule has 0 saturated carbocycles. The Hall–Kier alpha value is -1.35. The largest absolute Gasteiger partial charge is 0.457 e. The van der Waals surface area contributed by atoms with E-state index in [0.29, 0.717) is 6.10 Å². The number of esters is 1. The van der Waals surface area contributed by atoms with E-state index >= 15 is 0 Å². The number of carbonyl (C=O) groups excluding carboxylic acids is 1. The summed E-state index contributed by atoms with van der Waals surface area (Å²) in [5.74, 6) is -0.145. The fourth-order valence-electron chi connectivity index (χ4n) is 2.94. The van der Waals surface area contributed by atoms with Crippen molar-refractivity contribution in [2.45, 2.75) is 44.5 Å². The number of hydrogen-bond acceptors (Lipinski definition) is 3. The third kappa shape index (κ3) is 2.15. The number of rotatable bonds is 3. The monoisotopic (exact) mass is 246 g/mol. The fraction of sp³-hybridized carbons (Fsp3) is 0.533. The normalized spacial score (nSPS) is 31.3. The van der Waals surface area contributed by atoms with Crippen LogP contribution >= 0.6 is 0 Å². The average molecular weight is 246 g/mol. The molecule has 2 bridgehead atoms. The molecule has 1 aromatic rings. The molecule has 2 fully saturated rings. The smallest absolute Gasteiger partial charge is 0.312 e. The Morgan fingerprint density at radius 1 is 1.33 bits per heavy atom. The Kier molecular flexibility index (Phi) is 3.08. The minimum atomic E-state index is -0.183. The molecule has 96 valence electrons. The van der Waals surface area contributed by atoms with Crippen LogP contribution in [0, 0.1) is 5.92 Å². The van der Waals surface area contributed by atoms with Gasteiger partial charge in [0.1, 0.15) is 6.10 Å². The van der Waals surface area contributed by atoms with Crippen molar-refractivity contribution in [3.05, 3.63) is 35.9 Å². The zero-order valence-electron chi connectivity index (χ0n) is 10.5. The second kappa shape index (κ2) is 4.73. The van der Waals surface area contributed by atoms with Crippen LogP contribution in [0.25, 0.3) is 0 Å². The highest BCUT2D eigenvalue weighted by molar-refractivity contribution is 5.74. The molecule has 0 radical (unpaired) electrons. The zero-order chi connectivity index (χ0) is 12.5. The van der Waals surface area contributed by atoms with Crippen LogP contribution in [0.15, 0.2) is 30.3 Å². The van der Waals surface area contributed by atoms with Crippen molar-refractivity contribution in [3.63, 3.8) is 0 Å². The van der Waals surface area contributed by atoms with Crippen LogP contribution in [-0.4, -0.2) is 18.2 Å². The predicted octanol–water partition coefficient (Wildman–Crippen LogP) is 2.86. The Balaban J connectivity index is 1.61. The molecule has 0 N–H and O–H groups in total. The van der Waals surface area contributed by atoms with Gasteiger partial charge in [-0.05, 0) is 31.7 Å². The molecule has 0 amide bonds. The number of ether oxygens (including phenoxy) is 2. The second-order valence-electron chi connectivity index (χ2n) is 5.21. The van der Waals surface area contributed by atoms with Crippen LogP contribution in [0.2, 0.25) is 0 Å². The van der Waals surface area contributed by atoms with E-state index < -0.39 is 0 Å². The van der Waals surface area contributed by atoms with Gasteiger partial charge in [0.05, 0.1) is 18.1 Å². The van der Waals surface area contributed by atoms with Crippen molar-refractivity contribution in [2.75, 3.05) is 0 Å². The quantitative estimate of drug-likeness (QED) is 0.769. The lowest BCUT2D eigenvalue weighted by Crippen LogP contribution is -2.27. The van der Waals surface area contributed by atoms with Crippen LogP contribution in [0.1, 0.15) is 37.9 Å². The lowest BCUT2D eigenvalue weighted by atomic mass is 9.89. The summed E-state index contributed by atoms with van der Waals surface area (Å²) in [6, 6.07) is 9.84. The summed E-state index contributed by atoms with van der Waals surface area (Å²) in [6.07, 6.45) is 3.15. The molecular weight excluding hydrogens is 228 g/mol. The summed E-state index contributed by atoms with van der Waals surface area (Å²) in [6.45, 7) is 1.92. The van der Waals surface area contributed by atoms with Crippen molar-refractivity contribution in [3.8, 4) is 0 Å². The second-order valence-corrected chi connectivity index (χ2v) is 5.21. The zero-order valence-corrected chi connectivity index (χ0v) is 10.5. The molecule has 3 heteroatoms. The first-order valence-electron chi connectivity index (χ1n) is 6.65. The number of carbonyl (C=O) groups is 1. The van der Waals surface area contributed by atoms with Crippen molar-refractivity contribution < 1.29 is 14.3 Å². The van der Waals surface area contributed by atoms with Crippen molar-refractivity contribution in [2.24, 2.45) is 5.92 Å². The molecule has 2 heterocycles. The molecule has 3 nitrogen and oxygen atoms in total. The Labute approximate surface area is 107 Å². The van der Waals surface area contributed by atoms with Crippen LogP contribution < -0.4 is 0 Å². The van der Waals surface area contributed by atoms with Gasteiger partial charge in [-0.25, -0.2) is 0 Å². The summed E-state index contributed by atoms with van der Waals surface area (Å²) in [4.78, 5) is 12.1. The SMILES string of the molecule is C[C@@H](OC(=O)C1C[C@@H]2CC[C@H]1O2)c1ccccc1. The van der Waals surface area contributed by atoms with Gasteiger partial charge in [0.15, 0.2) is 0 Å². The molecular formula is C15H18O3. The first kappa shape index (κ1) is 11.7. The van der Waals surface area contributed by atoms with Crippen LogP contribution in [0.3, 0.4) is 0 Å². The molecule has 2 aliphatic rings. The Morgan fingerprint density at radius 3 is 2.72 bits per heavy atom. The van der Waals surface area contributed by atoms with Gasteiger partial charge in [0, 0.05) is 0 Å². The molecule has 4 atom stereocenters. The molecule has 0 aromatic heterocycles. The molecule has 2 aliphatic heterocycles. The summed E-state index contributed by atoms with van der Waals surface area (Å²) in [5, 5.41) is 0. The van der Waals surface area contributed by atoms with Crippen molar-refractivity contribution in [1.82, 2.24) is 0 Å². The van der Waals surface area contributed by atoms with Gasteiger partial charge in [-0.15, -0.1) is 0 Å². The molecule has 0 spiro atoms. The highest BCUT2D eigenvalue weighted by Gasteiger charge is 2.45.